The topological polar surface area (TPSA) is 17.8 Å². The van der Waals surface area contributed by atoms with Crippen LogP contribution >= 0.6 is 0 Å². The zero-order valence-electron chi connectivity index (χ0n) is 9.39. The Morgan fingerprint density at radius 2 is 1.92 bits per heavy atom. The molecule has 0 atom stereocenters. The summed E-state index contributed by atoms with van der Waals surface area (Å²) in [6.45, 7) is 11.9. The van der Waals surface area contributed by atoms with E-state index in [2.05, 4.69) is 44.4 Å². The van der Waals surface area contributed by atoms with Crippen molar-refractivity contribution in [1.29, 1.82) is 0 Å². The van der Waals surface area contributed by atoms with Gasteiger partial charge in [0.2, 0.25) is 0 Å². The van der Waals surface area contributed by atoms with E-state index in [9.17, 15) is 0 Å². The normalized spacial score (nSPS) is 11.2. The summed E-state index contributed by atoms with van der Waals surface area (Å²) in [5.74, 6) is 0.669. The van der Waals surface area contributed by atoms with Gasteiger partial charge in [-0.05, 0) is 31.7 Å². The van der Waals surface area contributed by atoms with E-state index in [1.807, 2.05) is 0 Å². The van der Waals surface area contributed by atoms with Gasteiger partial charge in [-0.25, -0.2) is 0 Å². The third kappa shape index (κ3) is 2.11. The smallest absolute Gasteiger partial charge is 0.0628 e. The lowest BCUT2D eigenvalue weighted by Crippen LogP contribution is -2.08. The van der Waals surface area contributed by atoms with Crippen LogP contribution in [0.15, 0.2) is 0 Å². The maximum Gasteiger partial charge on any atom is 0.0628 e. The van der Waals surface area contributed by atoms with Crippen molar-refractivity contribution in [2.45, 2.75) is 47.6 Å². The number of hydrogen-bond donors (Lipinski definition) is 0. The van der Waals surface area contributed by atoms with Crippen molar-refractivity contribution >= 4 is 0 Å². The van der Waals surface area contributed by atoms with Gasteiger partial charge in [-0.15, -0.1) is 0 Å². The molecular weight excluding hydrogens is 160 g/mol. The van der Waals surface area contributed by atoms with Crippen LogP contribution in [0.1, 0.15) is 37.7 Å². The molecule has 2 nitrogen and oxygen atoms in total. The fraction of sp³-hybridized carbons (Fsp3) is 0.727. The van der Waals surface area contributed by atoms with Gasteiger partial charge in [-0.2, -0.15) is 5.10 Å². The van der Waals surface area contributed by atoms with Crippen molar-refractivity contribution in [2.75, 3.05) is 0 Å². The Balaban J connectivity index is 2.96. The Labute approximate surface area is 81.0 Å². The second-order valence-corrected chi connectivity index (χ2v) is 4.08. The molecule has 1 rings (SSSR count). The second kappa shape index (κ2) is 3.95. The van der Waals surface area contributed by atoms with Gasteiger partial charge in [-0.3, -0.25) is 4.68 Å². The first-order valence-electron chi connectivity index (χ1n) is 5.09. The van der Waals surface area contributed by atoms with Crippen molar-refractivity contribution in [1.82, 2.24) is 9.78 Å². The summed E-state index contributed by atoms with van der Waals surface area (Å²) < 4.78 is 2.14. The number of aryl methyl sites for hydroxylation is 1. The zero-order valence-corrected chi connectivity index (χ0v) is 9.39. The van der Waals surface area contributed by atoms with Crippen LogP contribution in [0.2, 0.25) is 0 Å². The Bertz CT molecular complexity index is 285. The molecule has 0 saturated carbocycles. The van der Waals surface area contributed by atoms with Gasteiger partial charge >= 0.3 is 0 Å². The van der Waals surface area contributed by atoms with E-state index in [0.29, 0.717) is 5.92 Å². The summed E-state index contributed by atoms with van der Waals surface area (Å²) in [7, 11) is 0. The first-order chi connectivity index (χ1) is 6.06. The molecule has 0 aliphatic rings. The Morgan fingerprint density at radius 1 is 1.31 bits per heavy atom. The van der Waals surface area contributed by atoms with Gasteiger partial charge < -0.3 is 0 Å². The highest BCUT2D eigenvalue weighted by Gasteiger charge is 2.09. The van der Waals surface area contributed by atoms with Crippen LogP contribution in [0.5, 0.6) is 0 Å². The molecule has 0 saturated heterocycles. The number of rotatable bonds is 3. The van der Waals surface area contributed by atoms with Crippen LogP contribution in [0.25, 0.3) is 0 Å². The molecule has 2 heteroatoms. The van der Waals surface area contributed by atoms with E-state index in [1.165, 1.54) is 17.0 Å². The summed E-state index contributed by atoms with van der Waals surface area (Å²) in [4.78, 5) is 0. The summed E-state index contributed by atoms with van der Waals surface area (Å²) in [5.41, 5.74) is 3.95. The molecule has 1 aromatic rings. The Morgan fingerprint density at radius 3 is 2.31 bits per heavy atom. The maximum atomic E-state index is 4.54. The molecule has 0 unspecified atom stereocenters. The van der Waals surface area contributed by atoms with E-state index in [4.69, 9.17) is 0 Å². The SMILES string of the molecule is CCc1c(C)nn(CC(C)C)c1C. The molecule has 0 spiro atoms. The van der Waals surface area contributed by atoms with E-state index in [1.54, 1.807) is 0 Å². The lowest BCUT2D eigenvalue weighted by molar-refractivity contribution is 0.472. The quantitative estimate of drug-likeness (QED) is 0.699. The number of nitrogens with zero attached hydrogens (tertiary/aromatic N) is 2. The highest BCUT2D eigenvalue weighted by Crippen LogP contribution is 2.14. The molecule has 74 valence electrons. The van der Waals surface area contributed by atoms with Crippen molar-refractivity contribution in [3.05, 3.63) is 17.0 Å². The molecule has 1 aromatic heterocycles. The lowest BCUT2D eigenvalue weighted by Gasteiger charge is -2.07. The minimum Gasteiger partial charge on any atom is -0.269 e. The fourth-order valence-corrected chi connectivity index (χ4v) is 1.77. The van der Waals surface area contributed by atoms with Crippen LogP contribution in [0.3, 0.4) is 0 Å². The van der Waals surface area contributed by atoms with Gasteiger partial charge in [0.05, 0.1) is 5.69 Å². The minimum absolute atomic E-state index is 0.669. The average molecular weight is 180 g/mol. The summed E-state index contributed by atoms with van der Waals surface area (Å²) in [6.07, 6.45) is 1.09. The van der Waals surface area contributed by atoms with E-state index >= 15 is 0 Å². The highest BCUT2D eigenvalue weighted by atomic mass is 15.3. The van der Waals surface area contributed by atoms with E-state index < -0.39 is 0 Å². The summed E-state index contributed by atoms with van der Waals surface area (Å²) in [5, 5.41) is 4.54. The van der Waals surface area contributed by atoms with Crippen molar-refractivity contribution in [3.8, 4) is 0 Å². The highest BCUT2D eigenvalue weighted by molar-refractivity contribution is 5.24. The number of hydrogen-bond acceptors (Lipinski definition) is 1. The molecule has 13 heavy (non-hydrogen) atoms. The van der Waals surface area contributed by atoms with Crippen LogP contribution in [-0.4, -0.2) is 9.78 Å². The molecular formula is C11H20N2. The first-order valence-corrected chi connectivity index (χ1v) is 5.09. The second-order valence-electron chi connectivity index (χ2n) is 4.08. The monoisotopic (exact) mass is 180 g/mol. The van der Waals surface area contributed by atoms with Gasteiger partial charge in [-0.1, -0.05) is 20.8 Å². The van der Waals surface area contributed by atoms with Gasteiger partial charge in [0.1, 0.15) is 0 Å². The van der Waals surface area contributed by atoms with Gasteiger partial charge in [0.25, 0.3) is 0 Å². The predicted molar refractivity (Wildman–Crippen MR) is 55.9 cm³/mol. The summed E-state index contributed by atoms with van der Waals surface area (Å²) >= 11 is 0. The molecule has 0 bridgehead atoms. The molecule has 0 aliphatic heterocycles. The summed E-state index contributed by atoms with van der Waals surface area (Å²) in [6, 6.07) is 0. The standard InChI is InChI=1S/C11H20N2/c1-6-11-9(4)12-13(10(11)5)7-8(2)3/h8H,6-7H2,1-5H3. The third-order valence-corrected chi connectivity index (χ3v) is 2.42. The molecule has 1 heterocycles. The molecule has 0 N–H and O–H groups in total. The van der Waals surface area contributed by atoms with Crippen LogP contribution < -0.4 is 0 Å². The first kappa shape index (κ1) is 10.3. The maximum absolute atomic E-state index is 4.54. The molecule has 0 amide bonds. The van der Waals surface area contributed by atoms with Crippen molar-refractivity contribution in [2.24, 2.45) is 5.92 Å². The Hall–Kier alpha value is -0.790. The van der Waals surface area contributed by atoms with Gasteiger partial charge in [0, 0.05) is 12.2 Å². The molecule has 0 aliphatic carbocycles. The third-order valence-electron chi connectivity index (χ3n) is 2.42. The molecule has 0 radical (unpaired) electrons. The van der Waals surface area contributed by atoms with E-state index in [0.717, 1.165) is 13.0 Å². The van der Waals surface area contributed by atoms with Crippen LogP contribution in [0.4, 0.5) is 0 Å². The van der Waals surface area contributed by atoms with Crippen LogP contribution in [-0.2, 0) is 13.0 Å². The van der Waals surface area contributed by atoms with Crippen molar-refractivity contribution < 1.29 is 0 Å². The molecule has 0 fully saturated rings. The van der Waals surface area contributed by atoms with Gasteiger partial charge in [0.15, 0.2) is 0 Å². The largest absolute Gasteiger partial charge is 0.269 e. The van der Waals surface area contributed by atoms with E-state index in [-0.39, 0.29) is 0 Å². The fourth-order valence-electron chi connectivity index (χ4n) is 1.77. The van der Waals surface area contributed by atoms with Crippen molar-refractivity contribution in [3.63, 3.8) is 0 Å². The van der Waals surface area contributed by atoms with Crippen LogP contribution in [0, 0.1) is 19.8 Å². The lowest BCUT2D eigenvalue weighted by atomic mass is 10.1. The Kier molecular flexibility index (Phi) is 3.12. The minimum atomic E-state index is 0.669. The number of aromatic nitrogens is 2. The zero-order chi connectivity index (χ0) is 10.0. The average Bonchev–Trinajstić information content (AvgIpc) is 2.26. The predicted octanol–water partition coefficient (Wildman–Crippen LogP) is 2.72. The molecule has 0 aromatic carbocycles.